The molecule has 2 nitrogen and oxygen atoms in total. The van der Waals surface area contributed by atoms with Gasteiger partial charge in [0.25, 0.3) is 0 Å². The van der Waals surface area contributed by atoms with Crippen molar-refractivity contribution < 1.29 is 9.50 Å². The lowest BCUT2D eigenvalue weighted by Gasteiger charge is -2.42. The second-order valence-electron chi connectivity index (χ2n) is 6.28. The van der Waals surface area contributed by atoms with Gasteiger partial charge in [0.05, 0.1) is 0 Å². The summed E-state index contributed by atoms with van der Waals surface area (Å²) in [5.41, 5.74) is 1.81. The molecule has 1 aromatic carbocycles. The van der Waals surface area contributed by atoms with Crippen LogP contribution < -0.4 is 0 Å². The molecule has 1 aliphatic heterocycles. The molecule has 0 radical (unpaired) electrons. The molecule has 1 aromatic rings. The number of aliphatic hydroxyl groups is 1. The smallest absolute Gasteiger partial charge is 0.129 e. The predicted octanol–water partition coefficient (Wildman–Crippen LogP) is 3.74. The number of hydrogen-bond donors (Lipinski definition) is 1. The van der Waals surface area contributed by atoms with Crippen molar-refractivity contribution in [2.24, 2.45) is 0 Å². The number of hydrogen-bond acceptors (Lipinski definition) is 2. The van der Waals surface area contributed by atoms with Crippen molar-refractivity contribution in [3.8, 4) is 0 Å². The minimum atomic E-state index is -0.786. The second-order valence-corrected chi connectivity index (χ2v) is 6.28. The van der Waals surface area contributed by atoms with Crippen molar-refractivity contribution in [1.82, 2.24) is 4.90 Å². The standard InChI is InChI=1S/C17H26FNO/c1-5-17(4,19-8-6-7-9-19)16(20)15-13(3)10-12(2)11-14(15)18/h10-11,16,20H,5-9H2,1-4H3. The lowest BCUT2D eigenvalue weighted by molar-refractivity contribution is -0.0161. The maximum Gasteiger partial charge on any atom is 0.129 e. The minimum absolute atomic E-state index is 0.283. The van der Waals surface area contributed by atoms with E-state index < -0.39 is 11.6 Å². The maximum absolute atomic E-state index is 14.3. The van der Waals surface area contributed by atoms with Gasteiger partial charge in [-0.2, -0.15) is 0 Å². The summed E-state index contributed by atoms with van der Waals surface area (Å²) >= 11 is 0. The van der Waals surface area contributed by atoms with E-state index in [4.69, 9.17) is 0 Å². The highest BCUT2D eigenvalue weighted by Crippen LogP contribution is 2.38. The molecule has 1 fully saturated rings. The van der Waals surface area contributed by atoms with Crippen molar-refractivity contribution in [2.75, 3.05) is 13.1 Å². The molecule has 20 heavy (non-hydrogen) atoms. The molecule has 0 bridgehead atoms. The van der Waals surface area contributed by atoms with E-state index in [1.807, 2.05) is 19.9 Å². The normalized spacial score (nSPS) is 20.9. The molecule has 1 saturated heterocycles. The van der Waals surface area contributed by atoms with Crippen LogP contribution in [0.3, 0.4) is 0 Å². The van der Waals surface area contributed by atoms with Crippen LogP contribution in [0.4, 0.5) is 4.39 Å². The first-order valence-electron chi connectivity index (χ1n) is 7.60. The number of nitrogens with zero attached hydrogens (tertiary/aromatic N) is 1. The monoisotopic (exact) mass is 279 g/mol. The molecule has 2 atom stereocenters. The molecular weight excluding hydrogens is 253 g/mol. The van der Waals surface area contributed by atoms with Gasteiger partial charge in [-0.3, -0.25) is 4.90 Å². The Balaban J connectivity index is 2.40. The number of benzene rings is 1. The molecule has 3 heteroatoms. The summed E-state index contributed by atoms with van der Waals surface area (Å²) in [6.45, 7) is 9.88. The maximum atomic E-state index is 14.3. The SMILES string of the molecule is CCC(C)(C(O)c1c(C)cc(C)cc1F)N1CCCC1. The lowest BCUT2D eigenvalue weighted by atomic mass is 9.83. The van der Waals surface area contributed by atoms with Gasteiger partial charge in [-0.15, -0.1) is 0 Å². The fourth-order valence-electron chi connectivity index (χ4n) is 3.40. The zero-order valence-electron chi connectivity index (χ0n) is 13.0. The molecule has 1 aliphatic rings. The first-order valence-corrected chi connectivity index (χ1v) is 7.60. The summed E-state index contributed by atoms with van der Waals surface area (Å²) in [4.78, 5) is 2.32. The van der Waals surface area contributed by atoms with Crippen molar-refractivity contribution in [1.29, 1.82) is 0 Å². The third-order valence-electron chi connectivity index (χ3n) is 4.89. The molecule has 0 spiro atoms. The molecule has 1 N–H and O–H groups in total. The Bertz CT molecular complexity index is 459. The minimum Gasteiger partial charge on any atom is -0.386 e. The number of aliphatic hydroxyl groups excluding tert-OH is 1. The summed E-state index contributed by atoms with van der Waals surface area (Å²) in [6, 6.07) is 3.47. The largest absolute Gasteiger partial charge is 0.386 e. The van der Waals surface area contributed by atoms with Gasteiger partial charge in [0.2, 0.25) is 0 Å². The average molecular weight is 279 g/mol. The Labute approximate surface area is 121 Å². The number of aryl methyl sites for hydroxylation is 2. The summed E-state index contributed by atoms with van der Waals surface area (Å²) in [5, 5.41) is 10.9. The van der Waals surface area contributed by atoms with Crippen LogP contribution in [0.2, 0.25) is 0 Å². The molecule has 0 amide bonds. The van der Waals surface area contributed by atoms with Crippen molar-refractivity contribution >= 4 is 0 Å². The zero-order valence-corrected chi connectivity index (χ0v) is 13.0. The quantitative estimate of drug-likeness (QED) is 0.907. The second kappa shape index (κ2) is 5.82. The van der Waals surface area contributed by atoms with Gasteiger partial charge in [0.15, 0.2) is 0 Å². The zero-order chi connectivity index (χ0) is 14.9. The first kappa shape index (κ1) is 15.5. The Morgan fingerprint density at radius 3 is 2.40 bits per heavy atom. The van der Waals surface area contributed by atoms with Crippen LogP contribution >= 0.6 is 0 Å². The van der Waals surface area contributed by atoms with Gasteiger partial charge < -0.3 is 5.11 Å². The van der Waals surface area contributed by atoms with E-state index in [1.165, 1.54) is 6.07 Å². The molecule has 2 rings (SSSR count). The molecule has 1 heterocycles. The first-order chi connectivity index (χ1) is 9.40. The van der Waals surface area contributed by atoms with E-state index in [0.717, 1.165) is 43.5 Å². The summed E-state index contributed by atoms with van der Waals surface area (Å²) < 4.78 is 14.3. The highest BCUT2D eigenvalue weighted by molar-refractivity contribution is 5.35. The Morgan fingerprint density at radius 2 is 1.90 bits per heavy atom. The van der Waals surface area contributed by atoms with E-state index in [9.17, 15) is 9.50 Å². The molecule has 2 unspecified atom stereocenters. The Morgan fingerprint density at radius 1 is 1.30 bits per heavy atom. The third kappa shape index (κ3) is 2.61. The van der Waals surface area contributed by atoms with Gasteiger partial charge >= 0.3 is 0 Å². The van der Waals surface area contributed by atoms with Crippen LogP contribution in [0.5, 0.6) is 0 Å². The van der Waals surface area contributed by atoms with Gasteiger partial charge in [-0.1, -0.05) is 13.0 Å². The van der Waals surface area contributed by atoms with E-state index in [2.05, 4.69) is 18.7 Å². The van der Waals surface area contributed by atoms with Crippen molar-refractivity contribution in [2.45, 2.75) is 58.6 Å². The molecular formula is C17H26FNO. The van der Waals surface area contributed by atoms with Crippen LogP contribution in [-0.2, 0) is 0 Å². The average Bonchev–Trinajstić information content (AvgIpc) is 2.90. The van der Waals surface area contributed by atoms with E-state index in [0.29, 0.717) is 5.56 Å². The van der Waals surface area contributed by atoms with E-state index >= 15 is 0 Å². The third-order valence-corrected chi connectivity index (χ3v) is 4.89. The fourth-order valence-corrected chi connectivity index (χ4v) is 3.40. The van der Waals surface area contributed by atoms with Gasteiger partial charge in [-0.25, -0.2) is 4.39 Å². The van der Waals surface area contributed by atoms with E-state index in [-0.39, 0.29) is 5.82 Å². The van der Waals surface area contributed by atoms with Crippen molar-refractivity contribution in [3.05, 3.63) is 34.6 Å². The Hall–Kier alpha value is -0.930. The summed E-state index contributed by atoms with van der Waals surface area (Å²) in [5.74, 6) is -0.283. The summed E-state index contributed by atoms with van der Waals surface area (Å²) in [6.07, 6.45) is 2.35. The van der Waals surface area contributed by atoms with Crippen LogP contribution in [0.15, 0.2) is 12.1 Å². The van der Waals surface area contributed by atoms with Gasteiger partial charge in [-0.05, 0) is 70.3 Å². The predicted molar refractivity (Wildman–Crippen MR) is 80.3 cm³/mol. The van der Waals surface area contributed by atoms with Gasteiger partial charge in [0, 0.05) is 11.1 Å². The Kier molecular flexibility index (Phi) is 4.50. The van der Waals surface area contributed by atoms with Crippen LogP contribution in [0, 0.1) is 19.7 Å². The molecule has 112 valence electrons. The fraction of sp³-hybridized carbons (Fsp3) is 0.647. The number of likely N-dealkylation sites (tertiary alicyclic amines) is 1. The van der Waals surface area contributed by atoms with E-state index in [1.54, 1.807) is 0 Å². The number of halogens is 1. The molecule has 0 aliphatic carbocycles. The molecule has 0 aromatic heterocycles. The highest BCUT2D eigenvalue weighted by Gasteiger charge is 2.40. The van der Waals surface area contributed by atoms with Crippen LogP contribution in [0.1, 0.15) is 55.9 Å². The molecule has 0 saturated carbocycles. The topological polar surface area (TPSA) is 23.5 Å². The van der Waals surface area contributed by atoms with Gasteiger partial charge in [0.1, 0.15) is 11.9 Å². The van der Waals surface area contributed by atoms with Crippen molar-refractivity contribution in [3.63, 3.8) is 0 Å². The number of rotatable bonds is 4. The lowest BCUT2D eigenvalue weighted by Crippen LogP contribution is -2.49. The highest BCUT2D eigenvalue weighted by atomic mass is 19.1. The summed E-state index contributed by atoms with van der Waals surface area (Å²) in [7, 11) is 0. The van der Waals surface area contributed by atoms with Crippen LogP contribution in [-0.4, -0.2) is 28.6 Å². The van der Waals surface area contributed by atoms with Crippen LogP contribution in [0.25, 0.3) is 0 Å².